The topological polar surface area (TPSA) is 68.3 Å². The van der Waals surface area contributed by atoms with Crippen LogP contribution in [0.25, 0.3) is 5.90 Å². The molecule has 1 fully saturated rings. The van der Waals surface area contributed by atoms with Gasteiger partial charge in [-0.05, 0) is 12.8 Å². The number of hydrogen-bond donors (Lipinski definition) is 1. The SMILES string of the molecule is [K+].[NH-]OCCOC1CC(N)C1. The van der Waals surface area contributed by atoms with Crippen molar-refractivity contribution >= 4 is 0 Å². The Morgan fingerprint density at radius 3 is 2.45 bits per heavy atom. The first-order chi connectivity index (χ1) is 4.83. The summed E-state index contributed by atoms with van der Waals surface area (Å²) in [5, 5.41) is 0. The van der Waals surface area contributed by atoms with E-state index in [1.807, 2.05) is 0 Å². The predicted molar refractivity (Wildman–Crippen MR) is 37.2 cm³/mol. The molecule has 1 rings (SSSR count). The number of nitrogens with one attached hydrogen (secondary N) is 1. The first kappa shape index (κ1) is 12.5. The molecule has 1 aliphatic rings. The molecule has 5 heteroatoms. The quantitative estimate of drug-likeness (QED) is 0.298. The zero-order valence-corrected chi connectivity index (χ0v) is 10.0. The Morgan fingerprint density at radius 2 is 2.00 bits per heavy atom. The van der Waals surface area contributed by atoms with Gasteiger partial charge in [-0.1, -0.05) is 0 Å². The minimum atomic E-state index is 0. The van der Waals surface area contributed by atoms with Gasteiger partial charge in [-0.15, -0.1) is 0 Å². The van der Waals surface area contributed by atoms with Crippen LogP contribution in [0, 0.1) is 0 Å². The first-order valence-corrected chi connectivity index (χ1v) is 3.48. The van der Waals surface area contributed by atoms with Crippen molar-refractivity contribution in [2.75, 3.05) is 13.2 Å². The van der Waals surface area contributed by atoms with Gasteiger partial charge in [0.2, 0.25) is 0 Å². The number of ether oxygens (including phenoxy) is 1. The van der Waals surface area contributed by atoms with E-state index in [2.05, 4.69) is 4.84 Å². The fourth-order valence-corrected chi connectivity index (χ4v) is 0.999. The Kier molecular flexibility index (Phi) is 7.87. The fourth-order valence-electron chi connectivity index (χ4n) is 0.999. The Hall–Kier alpha value is 1.48. The molecule has 0 saturated heterocycles. The van der Waals surface area contributed by atoms with Crippen molar-refractivity contribution in [1.82, 2.24) is 0 Å². The Morgan fingerprint density at radius 1 is 1.36 bits per heavy atom. The molecule has 1 aliphatic carbocycles. The van der Waals surface area contributed by atoms with Crippen LogP contribution < -0.4 is 57.1 Å². The standard InChI is InChI=1S/C6H13N2O2.K/c7-5-3-6(4-5)9-1-2-10-8;/h5-6,8H,1-4,7H2;/q-1;+1. The van der Waals surface area contributed by atoms with Crippen LogP contribution in [-0.4, -0.2) is 25.4 Å². The van der Waals surface area contributed by atoms with Crippen LogP contribution in [-0.2, 0) is 9.57 Å². The summed E-state index contributed by atoms with van der Waals surface area (Å²) in [7, 11) is 0. The average molecular weight is 184 g/mol. The summed E-state index contributed by atoms with van der Waals surface area (Å²) >= 11 is 0. The fraction of sp³-hybridized carbons (Fsp3) is 1.00. The normalized spacial score (nSPS) is 28.9. The number of rotatable bonds is 4. The summed E-state index contributed by atoms with van der Waals surface area (Å²) in [6.07, 6.45) is 2.24. The molecular weight excluding hydrogens is 171 g/mol. The third kappa shape index (κ3) is 4.92. The smallest absolute Gasteiger partial charge is 0.549 e. The van der Waals surface area contributed by atoms with Gasteiger partial charge < -0.3 is 21.2 Å². The second-order valence-corrected chi connectivity index (χ2v) is 2.57. The van der Waals surface area contributed by atoms with Gasteiger partial charge >= 0.3 is 51.4 Å². The monoisotopic (exact) mass is 184 g/mol. The van der Waals surface area contributed by atoms with E-state index >= 15 is 0 Å². The predicted octanol–water partition coefficient (Wildman–Crippen LogP) is -2.52. The van der Waals surface area contributed by atoms with Crippen LogP contribution in [0.1, 0.15) is 12.8 Å². The van der Waals surface area contributed by atoms with E-state index in [0.717, 1.165) is 12.8 Å². The van der Waals surface area contributed by atoms with Crippen molar-refractivity contribution in [2.45, 2.75) is 25.0 Å². The Balaban J connectivity index is 0.000001000. The summed E-state index contributed by atoms with van der Waals surface area (Å²) in [5.41, 5.74) is 5.52. The van der Waals surface area contributed by atoms with Crippen LogP contribution >= 0.6 is 0 Å². The third-order valence-corrected chi connectivity index (χ3v) is 1.67. The number of nitrogens with two attached hydrogens (primary N) is 1. The molecule has 0 radical (unpaired) electrons. The van der Waals surface area contributed by atoms with E-state index in [1.54, 1.807) is 0 Å². The summed E-state index contributed by atoms with van der Waals surface area (Å²) in [6, 6.07) is 0.335. The third-order valence-electron chi connectivity index (χ3n) is 1.67. The largest absolute Gasteiger partial charge is 1.00 e. The first-order valence-electron chi connectivity index (χ1n) is 3.48. The van der Waals surface area contributed by atoms with Gasteiger partial charge in [-0.2, -0.15) is 0 Å². The second-order valence-electron chi connectivity index (χ2n) is 2.57. The van der Waals surface area contributed by atoms with Crippen molar-refractivity contribution < 1.29 is 61.0 Å². The Bertz CT molecular complexity index is 98.6. The van der Waals surface area contributed by atoms with Crippen molar-refractivity contribution in [1.29, 1.82) is 0 Å². The molecule has 0 unspecified atom stereocenters. The minimum absolute atomic E-state index is 0. The van der Waals surface area contributed by atoms with Crippen molar-refractivity contribution in [3.05, 3.63) is 5.90 Å². The van der Waals surface area contributed by atoms with E-state index in [1.165, 1.54) is 0 Å². The average Bonchev–Trinajstić information content (AvgIpc) is 1.85. The van der Waals surface area contributed by atoms with E-state index in [4.69, 9.17) is 16.4 Å². The van der Waals surface area contributed by atoms with E-state index in [-0.39, 0.29) is 51.4 Å². The summed E-state index contributed by atoms with van der Waals surface area (Å²) in [5.74, 6) is 6.36. The molecule has 0 aromatic rings. The summed E-state index contributed by atoms with van der Waals surface area (Å²) in [4.78, 5) is 4.08. The molecule has 0 bridgehead atoms. The number of hydrogen-bond acceptors (Lipinski definition) is 3. The van der Waals surface area contributed by atoms with Crippen LogP contribution in [0.5, 0.6) is 0 Å². The van der Waals surface area contributed by atoms with E-state index in [9.17, 15) is 0 Å². The molecule has 0 aromatic carbocycles. The molecule has 3 N–H and O–H groups in total. The molecule has 4 nitrogen and oxygen atoms in total. The van der Waals surface area contributed by atoms with Gasteiger partial charge in [-0.25, -0.2) is 0 Å². The van der Waals surface area contributed by atoms with Crippen molar-refractivity contribution in [2.24, 2.45) is 5.73 Å². The summed E-state index contributed by atoms with van der Waals surface area (Å²) in [6.45, 7) is 0.868. The van der Waals surface area contributed by atoms with E-state index < -0.39 is 0 Å². The maximum absolute atomic E-state index is 6.36. The zero-order chi connectivity index (χ0) is 7.40. The molecule has 0 heterocycles. The maximum Gasteiger partial charge on any atom is 1.00 e. The molecular formula is C6H13KN2O2. The van der Waals surface area contributed by atoms with Gasteiger partial charge in [0.05, 0.1) is 12.7 Å². The van der Waals surface area contributed by atoms with Gasteiger partial charge in [0, 0.05) is 12.6 Å². The molecule has 11 heavy (non-hydrogen) atoms. The van der Waals surface area contributed by atoms with Gasteiger partial charge in [0.1, 0.15) is 0 Å². The van der Waals surface area contributed by atoms with Crippen LogP contribution in [0.3, 0.4) is 0 Å². The van der Waals surface area contributed by atoms with Gasteiger partial charge in [0.25, 0.3) is 0 Å². The molecule has 60 valence electrons. The van der Waals surface area contributed by atoms with Crippen LogP contribution in [0.15, 0.2) is 0 Å². The van der Waals surface area contributed by atoms with Crippen LogP contribution in [0.2, 0.25) is 0 Å². The Labute approximate surface area is 109 Å². The molecule has 1 saturated carbocycles. The maximum atomic E-state index is 6.36. The van der Waals surface area contributed by atoms with Crippen LogP contribution in [0.4, 0.5) is 0 Å². The van der Waals surface area contributed by atoms with Gasteiger partial charge in [0.15, 0.2) is 0 Å². The molecule has 0 atom stereocenters. The molecule has 0 spiro atoms. The van der Waals surface area contributed by atoms with Crippen molar-refractivity contribution in [3.8, 4) is 0 Å². The van der Waals surface area contributed by atoms with Crippen molar-refractivity contribution in [3.63, 3.8) is 0 Å². The molecule has 0 aromatic heterocycles. The summed E-state index contributed by atoms with van der Waals surface area (Å²) < 4.78 is 5.26. The minimum Gasteiger partial charge on any atom is -0.549 e. The van der Waals surface area contributed by atoms with E-state index in [0.29, 0.717) is 25.4 Å². The molecule has 0 aliphatic heterocycles. The van der Waals surface area contributed by atoms with Gasteiger partial charge in [-0.3, -0.25) is 0 Å². The zero-order valence-electron chi connectivity index (χ0n) is 6.88. The second kappa shape index (κ2) is 6.94. The molecule has 0 amide bonds.